The minimum atomic E-state index is -0.0324. The van der Waals surface area contributed by atoms with Gasteiger partial charge in [0.25, 0.3) is 0 Å². The summed E-state index contributed by atoms with van der Waals surface area (Å²) in [7, 11) is 0. The van der Waals surface area contributed by atoms with Gasteiger partial charge >= 0.3 is 0 Å². The van der Waals surface area contributed by atoms with Gasteiger partial charge in [0.05, 0.1) is 5.75 Å². The number of aryl methyl sites for hydroxylation is 1. The van der Waals surface area contributed by atoms with E-state index in [9.17, 15) is 9.59 Å². The minimum Gasteiger partial charge on any atom is -0.326 e. The Balaban J connectivity index is 1.74. The Hall–Kier alpha value is -2.27. The third kappa shape index (κ3) is 4.28. The van der Waals surface area contributed by atoms with Crippen LogP contribution in [0.5, 0.6) is 0 Å². The van der Waals surface area contributed by atoms with Gasteiger partial charge in [0.2, 0.25) is 11.8 Å². The lowest BCUT2D eigenvalue weighted by Crippen LogP contribution is -2.27. The number of unbranched alkanes of at least 4 members (excludes halogenated alkanes) is 1. The first-order valence-electron chi connectivity index (χ1n) is 8.98. The summed E-state index contributed by atoms with van der Waals surface area (Å²) in [6, 6.07) is 15.9. The predicted octanol–water partition coefficient (Wildman–Crippen LogP) is 4.90. The first kappa shape index (κ1) is 18.5. The maximum absolute atomic E-state index is 12.4. The Bertz CT molecular complexity index is 772. The Kier molecular flexibility index (Phi) is 5.99. The molecule has 1 aliphatic heterocycles. The summed E-state index contributed by atoms with van der Waals surface area (Å²) in [5.41, 5.74) is 3.96. The highest BCUT2D eigenvalue weighted by atomic mass is 32.2. The van der Waals surface area contributed by atoms with Gasteiger partial charge in [0, 0.05) is 17.8 Å². The molecule has 26 heavy (non-hydrogen) atoms. The van der Waals surface area contributed by atoms with Gasteiger partial charge in [-0.1, -0.05) is 43.2 Å². The summed E-state index contributed by atoms with van der Waals surface area (Å²) in [6.45, 7) is 4.11. The number of hydrogen-bond acceptors (Lipinski definition) is 3. The van der Waals surface area contributed by atoms with Crippen LogP contribution in [0.25, 0.3) is 0 Å². The van der Waals surface area contributed by atoms with Gasteiger partial charge in [-0.15, -0.1) is 11.8 Å². The van der Waals surface area contributed by atoms with Crippen molar-refractivity contribution >= 4 is 35.0 Å². The molecular weight excluding hydrogens is 344 g/mol. The predicted molar refractivity (Wildman–Crippen MR) is 108 cm³/mol. The van der Waals surface area contributed by atoms with Crippen molar-refractivity contribution in [1.82, 2.24) is 0 Å². The molecule has 0 radical (unpaired) electrons. The van der Waals surface area contributed by atoms with Gasteiger partial charge in [0.15, 0.2) is 0 Å². The monoisotopic (exact) mass is 368 g/mol. The smallest absolute Gasteiger partial charge is 0.238 e. The molecule has 2 aromatic rings. The van der Waals surface area contributed by atoms with E-state index in [-0.39, 0.29) is 17.2 Å². The number of carbonyl (C=O) groups is 2. The standard InChI is InChI=1S/C21H24N2O2S/c1-3-4-5-19(24)22-17-10-8-16(9-11-17)21-23(20(25)14-26-21)18-12-6-15(2)7-13-18/h6-13,21H,3-5,14H2,1-2H3,(H,22,24)/t21-/m0/s1. The molecule has 1 N–H and O–H groups in total. The lowest BCUT2D eigenvalue weighted by molar-refractivity contribution is -0.116. The second-order valence-electron chi connectivity index (χ2n) is 6.54. The van der Waals surface area contributed by atoms with Crippen LogP contribution in [0.2, 0.25) is 0 Å². The van der Waals surface area contributed by atoms with Crippen LogP contribution in [-0.2, 0) is 9.59 Å². The number of carbonyl (C=O) groups excluding carboxylic acids is 2. The van der Waals surface area contributed by atoms with Crippen molar-refractivity contribution in [2.75, 3.05) is 16.0 Å². The zero-order chi connectivity index (χ0) is 18.5. The van der Waals surface area contributed by atoms with Crippen molar-refractivity contribution in [3.63, 3.8) is 0 Å². The molecule has 1 atom stereocenters. The second-order valence-corrected chi connectivity index (χ2v) is 7.60. The highest BCUT2D eigenvalue weighted by Crippen LogP contribution is 2.41. The van der Waals surface area contributed by atoms with Gasteiger partial charge in [-0.3, -0.25) is 14.5 Å². The molecule has 0 unspecified atom stereocenters. The summed E-state index contributed by atoms with van der Waals surface area (Å²) in [4.78, 5) is 26.1. The molecule has 136 valence electrons. The van der Waals surface area contributed by atoms with E-state index in [1.807, 2.05) is 60.4 Å². The normalized spacial score (nSPS) is 16.8. The average Bonchev–Trinajstić information content (AvgIpc) is 3.03. The second kappa shape index (κ2) is 8.41. The number of nitrogens with one attached hydrogen (secondary N) is 1. The van der Waals surface area contributed by atoms with E-state index in [4.69, 9.17) is 0 Å². The van der Waals surface area contributed by atoms with Crippen molar-refractivity contribution < 1.29 is 9.59 Å². The van der Waals surface area contributed by atoms with E-state index in [0.29, 0.717) is 12.2 Å². The van der Waals surface area contributed by atoms with Crippen LogP contribution < -0.4 is 10.2 Å². The maximum Gasteiger partial charge on any atom is 0.238 e. The van der Waals surface area contributed by atoms with E-state index in [1.54, 1.807) is 11.8 Å². The zero-order valence-corrected chi connectivity index (χ0v) is 16.0. The summed E-state index contributed by atoms with van der Waals surface area (Å²) < 4.78 is 0. The quantitative estimate of drug-likeness (QED) is 0.789. The minimum absolute atomic E-state index is 0.0324. The fraction of sp³-hybridized carbons (Fsp3) is 0.333. The first-order chi connectivity index (χ1) is 12.6. The Morgan fingerprint density at radius 3 is 2.50 bits per heavy atom. The summed E-state index contributed by atoms with van der Waals surface area (Å²) in [5, 5.41) is 2.89. The summed E-state index contributed by atoms with van der Waals surface area (Å²) in [5.74, 6) is 0.653. The van der Waals surface area contributed by atoms with Gasteiger partial charge in [-0.2, -0.15) is 0 Å². The molecule has 3 rings (SSSR count). The van der Waals surface area contributed by atoms with Crippen LogP contribution in [0.4, 0.5) is 11.4 Å². The molecular formula is C21H24N2O2S. The van der Waals surface area contributed by atoms with E-state index in [1.165, 1.54) is 5.56 Å². The summed E-state index contributed by atoms with van der Waals surface area (Å²) in [6.07, 6.45) is 2.46. The third-order valence-corrected chi connectivity index (χ3v) is 5.63. The molecule has 0 spiro atoms. The molecule has 4 nitrogen and oxygen atoms in total. The van der Waals surface area contributed by atoms with Gasteiger partial charge in [0.1, 0.15) is 5.37 Å². The number of anilines is 2. The Morgan fingerprint density at radius 2 is 1.85 bits per heavy atom. The van der Waals surface area contributed by atoms with Crippen LogP contribution in [0.1, 0.15) is 42.7 Å². The van der Waals surface area contributed by atoms with Crippen molar-refractivity contribution in [3.8, 4) is 0 Å². The first-order valence-corrected chi connectivity index (χ1v) is 10.0. The molecule has 1 aliphatic rings. The van der Waals surface area contributed by atoms with Crippen molar-refractivity contribution in [2.45, 2.75) is 38.5 Å². The SMILES string of the molecule is CCCCC(=O)Nc1ccc([C@@H]2SCC(=O)N2c2ccc(C)cc2)cc1. The molecule has 2 aromatic carbocycles. The van der Waals surface area contributed by atoms with Crippen LogP contribution >= 0.6 is 11.8 Å². The van der Waals surface area contributed by atoms with E-state index in [2.05, 4.69) is 12.2 Å². The van der Waals surface area contributed by atoms with Gasteiger partial charge in [-0.25, -0.2) is 0 Å². The lowest BCUT2D eigenvalue weighted by atomic mass is 10.1. The number of amides is 2. The molecule has 0 aromatic heterocycles. The zero-order valence-electron chi connectivity index (χ0n) is 15.2. The van der Waals surface area contributed by atoms with Crippen LogP contribution in [0.15, 0.2) is 48.5 Å². The van der Waals surface area contributed by atoms with Gasteiger partial charge in [-0.05, 0) is 43.2 Å². The molecule has 0 aliphatic carbocycles. The van der Waals surface area contributed by atoms with E-state index < -0.39 is 0 Å². The highest BCUT2D eigenvalue weighted by Gasteiger charge is 2.33. The molecule has 1 heterocycles. The number of thioether (sulfide) groups is 1. The summed E-state index contributed by atoms with van der Waals surface area (Å²) >= 11 is 1.63. The van der Waals surface area contributed by atoms with E-state index >= 15 is 0 Å². The molecule has 0 saturated carbocycles. The van der Waals surface area contributed by atoms with Crippen LogP contribution in [-0.4, -0.2) is 17.6 Å². The van der Waals surface area contributed by atoms with Crippen molar-refractivity contribution in [1.29, 1.82) is 0 Å². The number of hydrogen-bond donors (Lipinski definition) is 1. The van der Waals surface area contributed by atoms with Gasteiger partial charge < -0.3 is 5.32 Å². The molecule has 1 saturated heterocycles. The van der Waals surface area contributed by atoms with Crippen molar-refractivity contribution in [3.05, 3.63) is 59.7 Å². The number of nitrogens with zero attached hydrogens (tertiary/aromatic N) is 1. The topological polar surface area (TPSA) is 49.4 Å². The van der Waals surface area contributed by atoms with Crippen LogP contribution in [0.3, 0.4) is 0 Å². The largest absolute Gasteiger partial charge is 0.326 e. The lowest BCUT2D eigenvalue weighted by Gasteiger charge is -2.24. The molecule has 1 fully saturated rings. The number of rotatable bonds is 6. The van der Waals surface area contributed by atoms with Crippen molar-refractivity contribution in [2.24, 2.45) is 0 Å². The maximum atomic E-state index is 12.4. The Morgan fingerprint density at radius 1 is 1.15 bits per heavy atom. The Labute approximate surface area is 159 Å². The van der Waals surface area contributed by atoms with E-state index in [0.717, 1.165) is 29.8 Å². The fourth-order valence-electron chi connectivity index (χ4n) is 2.95. The number of benzene rings is 2. The van der Waals surface area contributed by atoms with Crippen LogP contribution in [0, 0.1) is 6.92 Å². The third-order valence-electron chi connectivity index (χ3n) is 4.42. The highest BCUT2D eigenvalue weighted by molar-refractivity contribution is 8.00. The average molecular weight is 369 g/mol. The molecule has 0 bridgehead atoms. The molecule has 2 amide bonds. The fourth-order valence-corrected chi connectivity index (χ4v) is 4.12. The molecule has 5 heteroatoms.